The summed E-state index contributed by atoms with van der Waals surface area (Å²) in [6.07, 6.45) is 1.89. The third-order valence-corrected chi connectivity index (χ3v) is 3.21. The van der Waals surface area contributed by atoms with E-state index in [1.54, 1.807) is 18.2 Å². The van der Waals surface area contributed by atoms with Crippen LogP contribution in [0.1, 0.15) is 6.92 Å². The molecule has 0 aromatic heterocycles. The summed E-state index contributed by atoms with van der Waals surface area (Å²) >= 11 is 13.2. The van der Waals surface area contributed by atoms with Gasteiger partial charge in [-0.1, -0.05) is 35.0 Å². The average Bonchev–Trinajstić information content (AvgIpc) is 2.33. The summed E-state index contributed by atoms with van der Waals surface area (Å²) in [6.45, 7) is 2.61. The molecule has 0 fully saturated rings. The van der Waals surface area contributed by atoms with E-state index in [2.05, 4.69) is 15.3 Å². The molecule has 4 nitrogen and oxygen atoms in total. The fourth-order valence-electron chi connectivity index (χ4n) is 1.13. The molecule has 3 N–H and O–H groups in total. The Morgan fingerprint density at radius 2 is 2.11 bits per heavy atom. The Hall–Kier alpha value is -0.910. The normalized spacial score (nSPS) is 12.7. The van der Waals surface area contributed by atoms with Crippen LogP contribution >= 0.6 is 35.0 Å². The smallest absolute Gasteiger partial charge is 0.200 e. The van der Waals surface area contributed by atoms with E-state index >= 15 is 0 Å². The molecule has 0 saturated carbocycles. The number of hydrogen-bond donors (Lipinski definition) is 2. The van der Waals surface area contributed by atoms with Crippen LogP contribution in [0.4, 0.5) is 5.69 Å². The topological polar surface area (TPSA) is 62.8 Å². The standard InChI is InChI=1S/C11H14Cl2N4S/c1-3-15-11(18-2)17-10(14)16-7-4-5-8(12)9(13)6-7/h4-6H,3H2,1-2H3,(H3,14,15,16,17). The summed E-state index contributed by atoms with van der Waals surface area (Å²) in [4.78, 5) is 8.33. The van der Waals surface area contributed by atoms with Gasteiger partial charge in [-0.05, 0) is 31.4 Å². The summed E-state index contributed by atoms with van der Waals surface area (Å²) in [7, 11) is 0. The van der Waals surface area contributed by atoms with Crippen LogP contribution < -0.4 is 11.1 Å². The molecule has 18 heavy (non-hydrogen) atoms. The molecule has 98 valence electrons. The SMILES string of the molecule is CCN=C(/N=C(/N)Nc1ccc(Cl)c(Cl)c1)SC. The number of rotatable bonds is 2. The molecule has 0 saturated heterocycles. The van der Waals surface area contributed by atoms with E-state index in [0.29, 0.717) is 21.8 Å². The first-order valence-corrected chi connectivity index (χ1v) is 7.19. The highest BCUT2D eigenvalue weighted by atomic mass is 35.5. The van der Waals surface area contributed by atoms with Crippen molar-refractivity contribution in [2.24, 2.45) is 15.7 Å². The maximum Gasteiger partial charge on any atom is 0.200 e. The molecule has 0 bridgehead atoms. The highest BCUT2D eigenvalue weighted by Gasteiger charge is 2.01. The molecule has 7 heteroatoms. The minimum atomic E-state index is 0.259. The molecule has 0 amide bonds. The summed E-state index contributed by atoms with van der Waals surface area (Å²) in [5.41, 5.74) is 6.49. The zero-order chi connectivity index (χ0) is 13.5. The van der Waals surface area contributed by atoms with Crippen molar-refractivity contribution >= 4 is 51.8 Å². The lowest BCUT2D eigenvalue weighted by atomic mass is 10.3. The first kappa shape index (κ1) is 15.1. The quantitative estimate of drug-likeness (QED) is 0.649. The summed E-state index contributed by atoms with van der Waals surface area (Å²) in [5, 5.41) is 4.51. The molecule has 1 rings (SSSR count). The van der Waals surface area contributed by atoms with Crippen molar-refractivity contribution in [3.05, 3.63) is 28.2 Å². The number of nitrogens with zero attached hydrogens (tertiary/aromatic N) is 2. The van der Waals surface area contributed by atoms with Crippen LogP contribution in [0.25, 0.3) is 0 Å². The fraction of sp³-hybridized carbons (Fsp3) is 0.273. The molecule has 1 aromatic rings. The van der Waals surface area contributed by atoms with Gasteiger partial charge >= 0.3 is 0 Å². The van der Waals surface area contributed by atoms with Gasteiger partial charge in [0.05, 0.1) is 10.0 Å². The zero-order valence-electron chi connectivity index (χ0n) is 10.1. The van der Waals surface area contributed by atoms with Crippen LogP contribution in [-0.4, -0.2) is 23.9 Å². The summed E-state index contributed by atoms with van der Waals surface area (Å²) < 4.78 is 0. The minimum Gasteiger partial charge on any atom is -0.369 e. The zero-order valence-corrected chi connectivity index (χ0v) is 12.4. The first-order valence-electron chi connectivity index (χ1n) is 5.21. The monoisotopic (exact) mass is 304 g/mol. The van der Waals surface area contributed by atoms with Crippen molar-refractivity contribution in [3.63, 3.8) is 0 Å². The largest absolute Gasteiger partial charge is 0.369 e. The molecule has 1 aromatic carbocycles. The molecule has 0 aliphatic carbocycles. The highest BCUT2D eigenvalue weighted by Crippen LogP contribution is 2.24. The number of anilines is 1. The number of thioether (sulfide) groups is 1. The van der Waals surface area contributed by atoms with Gasteiger partial charge in [0.2, 0.25) is 0 Å². The van der Waals surface area contributed by atoms with E-state index in [1.807, 2.05) is 13.2 Å². The van der Waals surface area contributed by atoms with Crippen molar-refractivity contribution in [1.82, 2.24) is 0 Å². The lowest BCUT2D eigenvalue weighted by Gasteiger charge is -2.06. The highest BCUT2D eigenvalue weighted by molar-refractivity contribution is 8.13. The maximum absolute atomic E-state index is 5.90. The summed E-state index contributed by atoms with van der Waals surface area (Å²) in [6, 6.07) is 5.14. The number of nitrogens with two attached hydrogens (primary N) is 1. The second-order valence-electron chi connectivity index (χ2n) is 3.21. The van der Waals surface area contributed by atoms with Gasteiger partial charge in [-0.3, -0.25) is 4.99 Å². The van der Waals surface area contributed by atoms with E-state index in [-0.39, 0.29) is 5.96 Å². The molecule has 0 spiro atoms. The van der Waals surface area contributed by atoms with E-state index in [0.717, 1.165) is 5.69 Å². The van der Waals surface area contributed by atoms with Crippen molar-refractivity contribution < 1.29 is 0 Å². The Kier molecular flexibility index (Phi) is 6.32. The van der Waals surface area contributed by atoms with Crippen molar-refractivity contribution in [2.75, 3.05) is 18.1 Å². The Balaban J connectivity index is 2.80. The third kappa shape index (κ3) is 4.76. The van der Waals surface area contributed by atoms with Crippen molar-refractivity contribution in [2.45, 2.75) is 6.92 Å². The van der Waals surface area contributed by atoms with Crippen molar-refractivity contribution in [1.29, 1.82) is 0 Å². The average molecular weight is 305 g/mol. The second kappa shape index (κ2) is 7.51. The van der Waals surface area contributed by atoms with E-state index in [9.17, 15) is 0 Å². The molecule has 0 unspecified atom stereocenters. The van der Waals surface area contributed by atoms with E-state index < -0.39 is 0 Å². The Morgan fingerprint density at radius 3 is 2.67 bits per heavy atom. The van der Waals surface area contributed by atoms with E-state index in [4.69, 9.17) is 28.9 Å². The van der Waals surface area contributed by atoms with Gasteiger partial charge in [0.1, 0.15) is 0 Å². The van der Waals surface area contributed by atoms with Crippen LogP contribution in [0.5, 0.6) is 0 Å². The second-order valence-corrected chi connectivity index (χ2v) is 4.80. The molecule has 0 atom stereocenters. The van der Waals surface area contributed by atoms with Crippen LogP contribution in [0.3, 0.4) is 0 Å². The van der Waals surface area contributed by atoms with Gasteiger partial charge in [-0.2, -0.15) is 4.99 Å². The van der Waals surface area contributed by atoms with Gasteiger partial charge in [0.15, 0.2) is 11.1 Å². The number of amidine groups is 1. The molecule has 0 aliphatic heterocycles. The molecular formula is C11H14Cl2N4S. The van der Waals surface area contributed by atoms with Crippen molar-refractivity contribution in [3.8, 4) is 0 Å². The number of nitrogens with one attached hydrogen (secondary N) is 1. The number of halogens is 2. The van der Waals surface area contributed by atoms with Gasteiger partial charge in [0.25, 0.3) is 0 Å². The number of benzene rings is 1. The number of hydrogen-bond acceptors (Lipinski definition) is 2. The first-order chi connectivity index (χ1) is 8.56. The Bertz CT molecular complexity index is 474. The molecule has 0 radical (unpaired) electrons. The number of aliphatic imine (C=N–C) groups is 2. The van der Waals surface area contributed by atoms with Gasteiger partial charge in [-0.15, -0.1) is 0 Å². The minimum absolute atomic E-state index is 0.259. The van der Waals surface area contributed by atoms with Crippen LogP contribution in [0, 0.1) is 0 Å². The van der Waals surface area contributed by atoms with Crippen LogP contribution in [0.15, 0.2) is 28.2 Å². The lowest BCUT2D eigenvalue weighted by Crippen LogP contribution is -2.23. The van der Waals surface area contributed by atoms with Crippen LogP contribution in [0.2, 0.25) is 10.0 Å². The van der Waals surface area contributed by atoms with Crippen LogP contribution in [-0.2, 0) is 0 Å². The molecular weight excluding hydrogens is 291 g/mol. The Morgan fingerprint density at radius 1 is 1.39 bits per heavy atom. The predicted molar refractivity (Wildman–Crippen MR) is 83.2 cm³/mol. The third-order valence-electron chi connectivity index (χ3n) is 1.88. The van der Waals surface area contributed by atoms with E-state index in [1.165, 1.54) is 11.8 Å². The molecule has 0 heterocycles. The predicted octanol–water partition coefficient (Wildman–Crippen LogP) is 3.46. The summed E-state index contributed by atoms with van der Waals surface area (Å²) in [5.74, 6) is 0.259. The molecule has 0 aliphatic rings. The van der Waals surface area contributed by atoms with Gasteiger partial charge < -0.3 is 11.1 Å². The maximum atomic E-state index is 5.90. The van der Waals surface area contributed by atoms with Gasteiger partial charge in [0, 0.05) is 12.2 Å². The fourth-order valence-corrected chi connectivity index (χ4v) is 1.88. The lowest BCUT2D eigenvalue weighted by molar-refractivity contribution is 1.13. The number of guanidine groups is 1. The Labute approximate surface area is 121 Å². The van der Waals surface area contributed by atoms with Gasteiger partial charge in [-0.25, -0.2) is 0 Å².